The molecule has 1 heterocycles. The van der Waals surface area contributed by atoms with Gasteiger partial charge in [0.05, 0.1) is 23.7 Å². The fourth-order valence-electron chi connectivity index (χ4n) is 2.88. The molecule has 120 valence electrons. The maximum atomic E-state index is 13.3. The minimum Gasteiger partial charge on any atom is -0.387 e. The van der Waals surface area contributed by atoms with Crippen LogP contribution in [0.1, 0.15) is 25.0 Å². The molecule has 2 aromatic carbocycles. The van der Waals surface area contributed by atoms with Gasteiger partial charge in [0.25, 0.3) is 0 Å². The van der Waals surface area contributed by atoms with Crippen LogP contribution in [0.15, 0.2) is 53.3 Å². The van der Waals surface area contributed by atoms with E-state index in [2.05, 4.69) is 0 Å². The van der Waals surface area contributed by atoms with Gasteiger partial charge >= 0.3 is 5.69 Å². The van der Waals surface area contributed by atoms with Crippen LogP contribution in [0, 0.1) is 5.82 Å². The number of benzene rings is 2. The molecule has 0 spiro atoms. The molecule has 23 heavy (non-hydrogen) atoms. The van der Waals surface area contributed by atoms with Gasteiger partial charge in [-0.1, -0.05) is 31.2 Å². The molecule has 0 aliphatic heterocycles. The van der Waals surface area contributed by atoms with Crippen molar-refractivity contribution in [3.05, 3.63) is 70.4 Å². The minimum atomic E-state index is -0.940. The van der Waals surface area contributed by atoms with Gasteiger partial charge in [0.1, 0.15) is 5.82 Å². The van der Waals surface area contributed by atoms with Crippen molar-refractivity contribution in [3.8, 4) is 0 Å². The number of halogens is 1. The number of imidazole rings is 1. The highest BCUT2D eigenvalue weighted by Gasteiger charge is 2.16. The number of fused-ring (bicyclic) bond motifs is 1. The predicted octanol–water partition coefficient (Wildman–Crippen LogP) is 3.09. The lowest BCUT2D eigenvalue weighted by Crippen LogP contribution is -2.26. The van der Waals surface area contributed by atoms with Gasteiger partial charge < -0.3 is 5.11 Å². The van der Waals surface area contributed by atoms with E-state index in [1.807, 2.05) is 31.2 Å². The standard InChI is InChI=1S/C18H19FN2O2/c1-2-10-20-15-8-3-4-9-16(15)21(18(20)23)12-17(22)13-6-5-7-14(19)11-13/h3-9,11,17,22H,2,10,12H2,1H3. The van der Waals surface area contributed by atoms with Crippen molar-refractivity contribution in [3.63, 3.8) is 0 Å². The molecule has 0 bridgehead atoms. The van der Waals surface area contributed by atoms with E-state index in [1.165, 1.54) is 12.1 Å². The number of rotatable bonds is 5. The topological polar surface area (TPSA) is 47.2 Å². The minimum absolute atomic E-state index is 0.0967. The van der Waals surface area contributed by atoms with Crippen LogP contribution >= 0.6 is 0 Å². The fraction of sp³-hybridized carbons (Fsp3) is 0.278. The molecule has 3 aromatic rings. The first-order valence-corrected chi connectivity index (χ1v) is 7.73. The summed E-state index contributed by atoms with van der Waals surface area (Å²) in [5.41, 5.74) is 1.94. The highest BCUT2D eigenvalue weighted by atomic mass is 19.1. The Kier molecular flexibility index (Phi) is 4.30. The zero-order valence-electron chi connectivity index (χ0n) is 12.9. The molecule has 3 rings (SSSR count). The zero-order chi connectivity index (χ0) is 16.4. The normalized spacial score (nSPS) is 12.7. The Morgan fingerprint density at radius 1 is 1.09 bits per heavy atom. The summed E-state index contributed by atoms with van der Waals surface area (Å²) in [7, 11) is 0. The number of hydrogen-bond donors (Lipinski definition) is 1. The Balaban J connectivity index is 2.03. The molecule has 0 amide bonds. The van der Waals surface area contributed by atoms with Gasteiger partial charge in [0, 0.05) is 6.54 Å². The van der Waals surface area contributed by atoms with E-state index in [1.54, 1.807) is 21.3 Å². The molecular weight excluding hydrogens is 295 g/mol. The van der Waals surface area contributed by atoms with E-state index in [-0.39, 0.29) is 12.2 Å². The lowest BCUT2D eigenvalue weighted by atomic mass is 10.1. The first-order valence-electron chi connectivity index (χ1n) is 7.73. The van der Waals surface area contributed by atoms with Crippen molar-refractivity contribution in [2.24, 2.45) is 0 Å². The Bertz CT molecular complexity index is 882. The SMILES string of the molecule is CCCn1c(=O)n(CC(O)c2cccc(F)c2)c2ccccc21. The molecule has 0 radical (unpaired) electrons. The number of para-hydroxylation sites is 2. The first kappa shape index (κ1) is 15.5. The zero-order valence-corrected chi connectivity index (χ0v) is 12.9. The summed E-state index contributed by atoms with van der Waals surface area (Å²) in [6.45, 7) is 2.74. The van der Waals surface area contributed by atoms with Crippen molar-refractivity contribution < 1.29 is 9.50 Å². The van der Waals surface area contributed by atoms with Gasteiger partial charge in [-0.15, -0.1) is 0 Å². The lowest BCUT2D eigenvalue weighted by Gasteiger charge is -2.12. The third-order valence-electron chi connectivity index (χ3n) is 3.96. The number of hydrogen-bond acceptors (Lipinski definition) is 2. The molecular formula is C18H19FN2O2. The lowest BCUT2D eigenvalue weighted by molar-refractivity contribution is 0.156. The molecule has 0 saturated heterocycles. The molecule has 5 heteroatoms. The van der Waals surface area contributed by atoms with E-state index in [4.69, 9.17) is 0 Å². The van der Waals surface area contributed by atoms with Crippen LogP contribution in [0.25, 0.3) is 11.0 Å². The molecule has 0 saturated carbocycles. The average molecular weight is 314 g/mol. The van der Waals surface area contributed by atoms with Gasteiger partial charge in [-0.3, -0.25) is 9.13 Å². The van der Waals surface area contributed by atoms with Crippen LogP contribution in [-0.2, 0) is 13.1 Å². The molecule has 1 atom stereocenters. The van der Waals surface area contributed by atoms with Crippen molar-refractivity contribution in [1.29, 1.82) is 0 Å². The van der Waals surface area contributed by atoms with E-state index in [9.17, 15) is 14.3 Å². The maximum absolute atomic E-state index is 13.3. The maximum Gasteiger partial charge on any atom is 0.329 e. The number of aromatic nitrogens is 2. The van der Waals surface area contributed by atoms with Crippen LogP contribution in [0.2, 0.25) is 0 Å². The first-order chi connectivity index (χ1) is 11.1. The van der Waals surface area contributed by atoms with E-state index >= 15 is 0 Å². The molecule has 1 N–H and O–H groups in total. The van der Waals surface area contributed by atoms with Gasteiger partial charge in [-0.05, 0) is 36.2 Å². The second kappa shape index (κ2) is 6.38. The summed E-state index contributed by atoms with van der Waals surface area (Å²) in [6.07, 6.45) is -0.0929. The number of aliphatic hydroxyl groups is 1. The van der Waals surface area contributed by atoms with Crippen molar-refractivity contribution >= 4 is 11.0 Å². The summed E-state index contributed by atoms with van der Waals surface area (Å²) in [4.78, 5) is 12.7. The van der Waals surface area contributed by atoms with Crippen LogP contribution in [0.5, 0.6) is 0 Å². The van der Waals surface area contributed by atoms with Crippen molar-refractivity contribution in [2.45, 2.75) is 32.5 Å². The summed E-state index contributed by atoms with van der Waals surface area (Å²) < 4.78 is 16.6. The van der Waals surface area contributed by atoms with Crippen LogP contribution in [0.3, 0.4) is 0 Å². The third kappa shape index (κ3) is 2.92. The van der Waals surface area contributed by atoms with E-state index in [0.29, 0.717) is 12.1 Å². The fourth-order valence-corrected chi connectivity index (χ4v) is 2.88. The smallest absolute Gasteiger partial charge is 0.329 e. The van der Waals surface area contributed by atoms with Crippen LogP contribution in [0.4, 0.5) is 4.39 Å². The van der Waals surface area contributed by atoms with Gasteiger partial charge in [0.15, 0.2) is 0 Å². The second-order valence-corrected chi connectivity index (χ2v) is 5.60. The van der Waals surface area contributed by atoms with Crippen LogP contribution < -0.4 is 5.69 Å². The highest BCUT2D eigenvalue weighted by molar-refractivity contribution is 5.76. The third-order valence-corrected chi connectivity index (χ3v) is 3.96. The van der Waals surface area contributed by atoms with Crippen molar-refractivity contribution in [1.82, 2.24) is 9.13 Å². The molecule has 0 aliphatic rings. The Labute approximate surface area is 133 Å². The summed E-state index contributed by atoms with van der Waals surface area (Å²) in [6, 6.07) is 13.3. The molecule has 4 nitrogen and oxygen atoms in total. The molecule has 1 aromatic heterocycles. The van der Waals surface area contributed by atoms with Crippen LogP contribution in [-0.4, -0.2) is 14.2 Å². The molecule has 0 fully saturated rings. The average Bonchev–Trinajstić information content (AvgIpc) is 2.81. The molecule has 1 unspecified atom stereocenters. The summed E-state index contributed by atoms with van der Waals surface area (Å²) in [5, 5.41) is 10.4. The van der Waals surface area contributed by atoms with Gasteiger partial charge in [0.2, 0.25) is 0 Å². The Morgan fingerprint density at radius 2 is 1.78 bits per heavy atom. The number of aliphatic hydroxyl groups excluding tert-OH is 1. The van der Waals surface area contributed by atoms with E-state index < -0.39 is 11.9 Å². The number of aryl methyl sites for hydroxylation is 1. The second-order valence-electron chi connectivity index (χ2n) is 5.60. The van der Waals surface area contributed by atoms with Crippen molar-refractivity contribution in [2.75, 3.05) is 0 Å². The van der Waals surface area contributed by atoms with Gasteiger partial charge in [-0.25, -0.2) is 9.18 Å². The largest absolute Gasteiger partial charge is 0.387 e. The quantitative estimate of drug-likeness (QED) is 0.786. The molecule has 0 aliphatic carbocycles. The highest BCUT2D eigenvalue weighted by Crippen LogP contribution is 2.19. The van der Waals surface area contributed by atoms with Gasteiger partial charge in [-0.2, -0.15) is 0 Å². The monoisotopic (exact) mass is 314 g/mol. The summed E-state index contributed by atoms with van der Waals surface area (Å²) >= 11 is 0. The Morgan fingerprint density at radius 3 is 2.43 bits per heavy atom. The number of nitrogens with zero attached hydrogens (tertiary/aromatic N) is 2. The predicted molar refractivity (Wildman–Crippen MR) is 87.8 cm³/mol. The van der Waals surface area contributed by atoms with E-state index in [0.717, 1.165) is 17.5 Å². The Hall–Kier alpha value is -2.40. The summed E-state index contributed by atoms with van der Waals surface area (Å²) in [5.74, 6) is -0.401.